The Morgan fingerprint density at radius 1 is 1.21 bits per heavy atom. The molecule has 2 aromatic heterocycles. The van der Waals surface area contributed by atoms with Gasteiger partial charge in [0.05, 0.1) is 6.54 Å². The number of nitrogens with zero attached hydrogens (tertiary/aromatic N) is 5. The summed E-state index contributed by atoms with van der Waals surface area (Å²) in [5, 5.41) is 12.4. The number of rotatable bonds is 4. The highest BCUT2D eigenvalue weighted by Gasteiger charge is 2.26. The Labute approximate surface area is 139 Å². The van der Waals surface area contributed by atoms with Gasteiger partial charge in [-0.3, -0.25) is 4.90 Å². The minimum atomic E-state index is 0.299. The summed E-state index contributed by atoms with van der Waals surface area (Å²) in [5.74, 6) is 2.92. The first-order chi connectivity index (χ1) is 11.8. The van der Waals surface area contributed by atoms with Gasteiger partial charge in [0.25, 0.3) is 0 Å². The number of aryl methyl sites for hydroxylation is 1. The van der Waals surface area contributed by atoms with E-state index in [1.165, 1.54) is 0 Å². The van der Waals surface area contributed by atoms with E-state index in [9.17, 15) is 0 Å². The molecule has 7 nitrogen and oxygen atoms in total. The van der Waals surface area contributed by atoms with Gasteiger partial charge in [0, 0.05) is 24.9 Å². The second-order valence-electron chi connectivity index (χ2n) is 6.11. The molecule has 0 spiro atoms. The number of piperidine rings is 1. The van der Waals surface area contributed by atoms with Crippen molar-refractivity contribution >= 4 is 0 Å². The Kier molecular flexibility index (Phi) is 4.08. The lowest BCUT2D eigenvalue weighted by Crippen LogP contribution is -2.34. The lowest BCUT2D eigenvalue weighted by molar-refractivity contribution is 0.179. The van der Waals surface area contributed by atoms with Crippen LogP contribution in [-0.4, -0.2) is 38.3 Å². The summed E-state index contributed by atoms with van der Waals surface area (Å²) in [7, 11) is 0. The van der Waals surface area contributed by atoms with Gasteiger partial charge in [-0.25, -0.2) is 0 Å². The Morgan fingerprint density at radius 2 is 2.08 bits per heavy atom. The molecule has 0 amide bonds. The van der Waals surface area contributed by atoms with Crippen LogP contribution in [0.1, 0.15) is 36.4 Å². The van der Waals surface area contributed by atoms with E-state index >= 15 is 0 Å². The van der Waals surface area contributed by atoms with Crippen LogP contribution in [0.4, 0.5) is 0 Å². The van der Waals surface area contributed by atoms with Crippen LogP contribution in [-0.2, 0) is 6.54 Å². The Bertz CT molecular complexity index is 798. The molecule has 3 aromatic rings. The fraction of sp³-hybridized carbons (Fsp3) is 0.412. The van der Waals surface area contributed by atoms with E-state index in [1.807, 2.05) is 37.3 Å². The fourth-order valence-electron chi connectivity index (χ4n) is 3.10. The third-order valence-electron chi connectivity index (χ3n) is 4.26. The van der Waals surface area contributed by atoms with Crippen molar-refractivity contribution in [2.45, 2.75) is 32.2 Å². The quantitative estimate of drug-likeness (QED) is 0.729. The maximum atomic E-state index is 5.80. The molecular weight excluding hydrogens is 306 g/mol. The van der Waals surface area contributed by atoms with Gasteiger partial charge in [-0.2, -0.15) is 4.98 Å². The first-order valence-corrected chi connectivity index (χ1v) is 8.18. The normalized spacial score (nSPS) is 18.8. The van der Waals surface area contributed by atoms with E-state index < -0.39 is 0 Å². The zero-order chi connectivity index (χ0) is 16.4. The molecule has 7 heteroatoms. The minimum Gasteiger partial charge on any atom is -0.419 e. The topological polar surface area (TPSA) is 81.1 Å². The molecule has 1 aliphatic heterocycles. The van der Waals surface area contributed by atoms with E-state index in [-0.39, 0.29) is 0 Å². The highest BCUT2D eigenvalue weighted by atomic mass is 16.5. The number of aromatic nitrogens is 4. The van der Waals surface area contributed by atoms with Gasteiger partial charge in [-0.1, -0.05) is 23.4 Å². The maximum Gasteiger partial charge on any atom is 0.247 e. The van der Waals surface area contributed by atoms with E-state index in [2.05, 4.69) is 25.2 Å². The summed E-state index contributed by atoms with van der Waals surface area (Å²) in [4.78, 5) is 6.67. The monoisotopic (exact) mass is 325 g/mol. The van der Waals surface area contributed by atoms with Gasteiger partial charge in [0.2, 0.25) is 17.7 Å². The largest absolute Gasteiger partial charge is 0.419 e. The minimum absolute atomic E-state index is 0.299. The molecule has 1 saturated heterocycles. The molecule has 24 heavy (non-hydrogen) atoms. The van der Waals surface area contributed by atoms with Crippen molar-refractivity contribution in [2.75, 3.05) is 13.1 Å². The van der Waals surface area contributed by atoms with E-state index in [0.717, 1.165) is 37.3 Å². The molecule has 1 aromatic carbocycles. The van der Waals surface area contributed by atoms with E-state index in [4.69, 9.17) is 8.94 Å². The summed E-state index contributed by atoms with van der Waals surface area (Å²) in [5.41, 5.74) is 0.940. The number of likely N-dealkylation sites (tertiary alicyclic amines) is 1. The molecule has 0 bridgehead atoms. The lowest BCUT2D eigenvalue weighted by atomic mass is 9.97. The van der Waals surface area contributed by atoms with E-state index in [1.54, 1.807) is 0 Å². The Morgan fingerprint density at radius 3 is 2.88 bits per heavy atom. The molecule has 0 unspecified atom stereocenters. The number of hydrogen-bond donors (Lipinski definition) is 0. The number of hydrogen-bond acceptors (Lipinski definition) is 7. The smallest absolute Gasteiger partial charge is 0.247 e. The van der Waals surface area contributed by atoms with Crippen molar-refractivity contribution in [3.8, 4) is 11.5 Å². The van der Waals surface area contributed by atoms with Gasteiger partial charge in [0.15, 0.2) is 5.82 Å². The first-order valence-electron chi connectivity index (χ1n) is 8.18. The van der Waals surface area contributed by atoms with E-state index in [0.29, 0.717) is 30.1 Å². The Balaban J connectivity index is 1.43. The zero-order valence-corrected chi connectivity index (χ0v) is 13.6. The van der Waals surface area contributed by atoms with Crippen LogP contribution in [0.15, 0.2) is 39.3 Å². The van der Waals surface area contributed by atoms with Crippen molar-refractivity contribution in [1.29, 1.82) is 0 Å². The van der Waals surface area contributed by atoms with Gasteiger partial charge in [0.1, 0.15) is 0 Å². The van der Waals surface area contributed by atoms with Crippen LogP contribution in [0.2, 0.25) is 0 Å². The highest BCUT2D eigenvalue weighted by Crippen LogP contribution is 2.26. The summed E-state index contributed by atoms with van der Waals surface area (Å²) in [6, 6.07) is 9.82. The predicted octanol–water partition coefficient (Wildman–Crippen LogP) is 2.81. The Hall–Kier alpha value is -2.54. The molecule has 4 rings (SSSR count). The standard InChI is InChI=1S/C17H19N5O2/c1-12-18-16(21-24-12)14-8-5-9-22(10-14)11-15-19-20-17(23-15)13-6-3-2-4-7-13/h2-4,6-7,14H,5,8-11H2,1H3/t14-/m1/s1. The molecule has 1 aliphatic rings. The van der Waals surface area contributed by atoms with Crippen molar-refractivity contribution in [1.82, 2.24) is 25.2 Å². The van der Waals surface area contributed by atoms with Crippen LogP contribution in [0.3, 0.4) is 0 Å². The van der Waals surface area contributed by atoms with Gasteiger partial charge >= 0.3 is 0 Å². The molecular formula is C17H19N5O2. The van der Waals surface area contributed by atoms with Crippen LogP contribution in [0.25, 0.3) is 11.5 Å². The molecule has 1 fully saturated rings. The van der Waals surface area contributed by atoms with Crippen LogP contribution < -0.4 is 0 Å². The lowest BCUT2D eigenvalue weighted by Gasteiger charge is -2.29. The average Bonchev–Trinajstić information content (AvgIpc) is 3.25. The zero-order valence-electron chi connectivity index (χ0n) is 13.6. The van der Waals surface area contributed by atoms with Crippen molar-refractivity contribution in [2.24, 2.45) is 0 Å². The summed E-state index contributed by atoms with van der Waals surface area (Å²) >= 11 is 0. The van der Waals surface area contributed by atoms with Crippen molar-refractivity contribution in [3.63, 3.8) is 0 Å². The van der Waals surface area contributed by atoms with Crippen molar-refractivity contribution < 1.29 is 8.94 Å². The molecule has 0 aliphatic carbocycles. The summed E-state index contributed by atoms with van der Waals surface area (Å²) in [6.07, 6.45) is 2.17. The molecule has 3 heterocycles. The fourth-order valence-corrected chi connectivity index (χ4v) is 3.10. The van der Waals surface area contributed by atoms with Crippen molar-refractivity contribution in [3.05, 3.63) is 47.9 Å². The van der Waals surface area contributed by atoms with Gasteiger partial charge in [-0.15, -0.1) is 10.2 Å². The summed E-state index contributed by atoms with van der Waals surface area (Å²) < 4.78 is 10.9. The molecule has 124 valence electrons. The molecule has 1 atom stereocenters. The van der Waals surface area contributed by atoms with Gasteiger partial charge < -0.3 is 8.94 Å². The number of benzene rings is 1. The maximum absolute atomic E-state index is 5.80. The SMILES string of the molecule is Cc1nc([C@@H]2CCCN(Cc3nnc(-c4ccccc4)o3)C2)no1. The predicted molar refractivity (Wildman–Crippen MR) is 86.0 cm³/mol. The summed E-state index contributed by atoms with van der Waals surface area (Å²) in [6.45, 7) is 4.35. The second-order valence-corrected chi connectivity index (χ2v) is 6.11. The molecule has 0 radical (unpaired) electrons. The third kappa shape index (κ3) is 3.21. The first kappa shape index (κ1) is 15.0. The highest BCUT2D eigenvalue weighted by molar-refractivity contribution is 5.51. The van der Waals surface area contributed by atoms with Crippen LogP contribution in [0, 0.1) is 6.92 Å². The van der Waals surface area contributed by atoms with Gasteiger partial charge in [-0.05, 0) is 31.5 Å². The third-order valence-corrected chi connectivity index (χ3v) is 4.26. The average molecular weight is 325 g/mol. The molecule has 0 saturated carbocycles. The van der Waals surface area contributed by atoms with Crippen LogP contribution in [0.5, 0.6) is 0 Å². The molecule has 0 N–H and O–H groups in total. The van der Waals surface area contributed by atoms with Crippen LogP contribution >= 0.6 is 0 Å². The second kappa shape index (κ2) is 6.52.